The van der Waals surface area contributed by atoms with Crippen LogP contribution in [0.5, 0.6) is 0 Å². The first-order chi connectivity index (χ1) is 5.10. The van der Waals surface area contributed by atoms with Gasteiger partial charge in [0.25, 0.3) is 0 Å². The van der Waals surface area contributed by atoms with Gasteiger partial charge in [-0.25, -0.2) is 0 Å². The van der Waals surface area contributed by atoms with Crippen molar-refractivity contribution >= 4 is 5.71 Å². The third kappa shape index (κ3) is 4.18. The monoisotopic (exact) mass is 155 g/mol. The lowest BCUT2D eigenvalue weighted by Crippen LogP contribution is -2.21. The van der Waals surface area contributed by atoms with Gasteiger partial charge in [-0.05, 0) is 25.2 Å². The zero-order chi connectivity index (χ0) is 8.91. The molecule has 1 heterocycles. The van der Waals surface area contributed by atoms with Crippen LogP contribution in [0, 0.1) is 5.41 Å². The van der Waals surface area contributed by atoms with Crippen molar-refractivity contribution < 1.29 is 0 Å². The van der Waals surface area contributed by atoms with E-state index in [9.17, 15) is 0 Å². The number of rotatable bonds is 0. The Labute approximate surface area is 70.9 Å². The van der Waals surface area contributed by atoms with E-state index in [0.717, 1.165) is 6.54 Å². The van der Waals surface area contributed by atoms with Crippen molar-refractivity contribution in [3.8, 4) is 0 Å². The van der Waals surface area contributed by atoms with Crippen LogP contribution < -0.4 is 0 Å². The normalized spacial score (nSPS) is 21.4. The van der Waals surface area contributed by atoms with E-state index in [2.05, 4.69) is 25.8 Å². The van der Waals surface area contributed by atoms with Crippen molar-refractivity contribution in [3.63, 3.8) is 0 Å². The molecule has 66 valence electrons. The summed E-state index contributed by atoms with van der Waals surface area (Å²) in [5.41, 5.74) is 1.80. The molecule has 0 bridgehead atoms. The zero-order valence-corrected chi connectivity index (χ0v) is 8.57. The fourth-order valence-corrected chi connectivity index (χ4v) is 1.03. The molecule has 11 heavy (non-hydrogen) atoms. The van der Waals surface area contributed by atoms with E-state index in [1.165, 1.54) is 18.6 Å². The van der Waals surface area contributed by atoms with E-state index in [0.29, 0.717) is 5.41 Å². The van der Waals surface area contributed by atoms with E-state index in [1.54, 1.807) is 0 Å². The Hall–Kier alpha value is -0.330. The van der Waals surface area contributed by atoms with Gasteiger partial charge in [-0.1, -0.05) is 27.7 Å². The highest BCUT2D eigenvalue weighted by molar-refractivity contribution is 5.82. The third-order valence-corrected chi connectivity index (χ3v) is 1.94. The van der Waals surface area contributed by atoms with Gasteiger partial charge >= 0.3 is 0 Å². The van der Waals surface area contributed by atoms with E-state index in [4.69, 9.17) is 0 Å². The molecule has 0 radical (unpaired) electrons. The molecule has 1 aliphatic rings. The molecule has 0 atom stereocenters. The summed E-state index contributed by atoms with van der Waals surface area (Å²) in [5, 5.41) is 0. The van der Waals surface area contributed by atoms with Crippen LogP contribution in [0.3, 0.4) is 0 Å². The highest BCUT2D eigenvalue weighted by Crippen LogP contribution is 2.26. The molecule has 0 saturated carbocycles. The van der Waals surface area contributed by atoms with E-state index >= 15 is 0 Å². The highest BCUT2D eigenvalue weighted by atomic mass is 14.8. The fourth-order valence-electron chi connectivity index (χ4n) is 1.03. The van der Waals surface area contributed by atoms with Crippen LogP contribution in [0.1, 0.15) is 47.5 Å². The SMILES string of the molecule is CC.CC1=NCC(C)(C)CC1. The first-order valence-electron chi connectivity index (χ1n) is 4.60. The Balaban J connectivity index is 0.000000461. The molecule has 0 amide bonds. The summed E-state index contributed by atoms with van der Waals surface area (Å²) in [5.74, 6) is 0. The van der Waals surface area contributed by atoms with Gasteiger partial charge in [0, 0.05) is 12.3 Å². The molecule has 0 fully saturated rings. The van der Waals surface area contributed by atoms with Gasteiger partial charge in [0.05, 0.1) is 0 Å². The van der Waals surface area contributed by atoms with Crippen LogP contribution in [0.4, 0.5) is 0 Å². The summed E-state index contributed by atoms with van der Waals surface area (Å²) in [4.78, 5) is 4.40. The molecule has 1 nitrogen and oxygen atoms in total. The average molecular weight is 155 g/mol. The molecule has 1 rings (SSSR count). The number of hydrogen-bond donors (Lipinski definition) is 0. The molecule has 1 aliphatic heterocycles. The van der Waals surface area contributed by atoms with Crippen molar-refractivity contribution in [2.24, 2.45) is 10.4 Å². The van der Waals surface area contributed by atoms with Gasteiger partial charge in [-0.2, -0.15) is 0 Å². The van der Waals surface area contributed by atoms with Gasteiger partial charge in [0.2, 0.25) is 0 Å². The second kappa shape index (κ2) is 4.53. The Kier molecular flexibility index (Phi) is 4.39. The minimum atomic E-state index is 0.472. The Morgan fingerprint density at radius 2 is 1.82 bits per heavy atom. The molecule has 0 aliphatic carbocycles. The zero-order valence-electron chi connectivity index (χ0n) is 8.57. The predicted molar refractivity (Wildman–Crippen MR) is 52.3 cm³/mol. The van der Waals surface area contributed by atoms with Crippen molar-refractivity contribution in [1.82, 2.24) is 0 Å². The van der Waals surface area contributed by atoms with Gasteiger partial charge < -0.3 is 0 Å². The molecule has 0 N–H and O–H groups in total. The van der Waals surface area contributed by atoms with Crippen LogP contribution >= 0.6 is 0 Å². The number of nitrogens with zero attached hydrogens (tertiary/aromatic N) is 1. The van der Waals surface area contributed by atoms with E-state index < -0.39 is 0 Å². The largest absolute Gasteiger partial charge is 0.294 e. The van der Waals surface area contributed by atoms with E-state index in [-0.39, 0.29) is 0 Å². The average Bonchev–Trinajstić information content (AvgIpc) is 2.00. The third-order valence-electron chi connectivity index (χ3n) is 1.94. The minimum Gasteiger partial charge on any atom is -0.294 e. The van der Waals surface area contributed by atoms with E-state index in [1.807, 2.05) is 13.8 Å². The molecule has 1 heteroatoms. The van der Waals surface area contributed by atoms with Crippen LogP contribution in [0.2, 0.25) is 0 Å². The molecular weight excluding hydrogens is 134 g/mol. The summed E-state index contributed by atoms with van der Waals surface area (Å²) in [7, 11) is 0. The van der Waals surface area contributed by atoms with Gasteiger partial charge in [0.15, 0.2) is 0 Å². The van der Waals surface area contributed by atoms with Gasteiger partial charge in [0.1, 0.15) is 0 Å². The van der Waals surface area contributed by atoms with Crippen molar-refractivity contribution in [2.45, 2.75) is 47.5 Å². The summed E-state index contributed by atoms with van der Waals surface area (Å²) in [6.45, 7) is 11.7. The lowest BCUT2D eigenvalue weighted by Gasteiger charge is -2.26. The smallest absolute Gasteiger partial charge is 0.0439 e. The Morgan fingerprint density at radius 3 is 2.09 bits per heavy atom. The summed E-state index contributed by atoms with van der Waals surface area (Å²) >= 11 is 0. The topological polar surface area (TPSA) is 12.4 Å². The second-order valence-electron chi connectivity index (χ2n) is 3.72. The second-order valence-corrected chi connectivity index (χ2v) is 3.72. The lowest BCUT2D eigenvalue weighted by molar-refractivity contribution is 0.343. The standard InChI is InChI=1S/C8H15N.C2H6/c1-7-4-5-8(2,3)6-9-7;1-2/h4-6H2,1-3H3;1-2H3. The Bertz CT molecular complexity index is 134. The molecule has 0 aromatic carbocycles. The molecule has 0 unspecified atom stereocenters. The fraction of sp³-hybridized carbons (Fsp3) is 0.900. The minimum absolute atomic E-state index is 0.472. The first kappa shape index (κ1) is 10.7. The molecule has 0 aromatic rings. The highest BCUT2D eigenvalue weighted by Gasteiger charge is 2.20. The van der Waals surface area contributed by atoms with Gasteiger partial charge in [-0.3, -0.25) is 4.99 Å². The quantitative estimate of drug-likeness (QED) is 0.509. The summed E-state index contributed by atoms with van der Waals surface area (Å²) in [6, 6.07) is 0. The maximum Gasteiger partial charge on any atom is 0.0439 e. The van der Waals surface area contributed by atoms with Crippen molar-refractivity contribution in [1.29, 1.82) is 0 Å². The molecular formula is C10H21N. The molecule has 0 saturated heterocycles. The lowest BCUT2D eigenvalue weighted by atomic mass is 9.85. The maximum absolute atomic E-state index is 4.40. The van der Waals surface area contributed by atoms with Crippen LogP contribution in [-0.4, -0.2) is 12.3 Å². The molecule has 0 spiro atoms. The maximum atomic E-state index is 4.40. The van der Waals surface area contributed by atoms with Crippen molar-refractivity contribution in [3.05, 3.63) is 0 Å². The van der Waals surface area contributed by atoms with Crippen LogP contribution in [-0.2, 0) is 0 Å². The van der Waals surface area contributed by atoms with Crippen molar-refractivity contribution in [2.75, 3.05) is 6.54 Å². The Morgan fingerprint density at radius 1 is 1.27 bits per heavy atom. The van der Waals surface area contributed by atoms with Gasteiger partial charge in [-0.15, -0.1) is 0 Å². The number of hydrogen-bond acceptors (Lipinski definition) is 1. The summed E-state index contributed by atoms with van der Waals surface area (Å²) in [6.07, 6.45) is 2.51. The first-order valence-corrected chi connectivity index (χ1v) is 4.60. The number of aliphatic imine (C=N–C) groups is 1. The van der Waals surface area contributed by atoms with Crippen LogP contribution in [0.25, 0.3) is 0 Å². The summed E-state index contributed by atoms with van der Waals surface area (Å²) < 4.78 is 0. The van der Waals surface area contributed by atoms with Crippen LogP contribution in [0.15, 0.2) is 4.99 Å². The predicted octanol–water partition coefficient (Wildman–Crippen LogP) is 3.29. The molecule has 0 aromatic heterocycles.